The molecule has 96 valence electrons. The van der Waals surface area contributed by atoms with Gasteiger partial charge in [0.15, 0.2) is 0 Å². The second-order valence-corrected chi connectivity index (χ2v) is 5.51. The van der Waals surface area contributed by atoms with E-state index in [1.165, 1.54) is 0 Å². The molecule has 2 N–H and O–H groups in total. The van der Waals surface area contributed by atoms with Crippen LogP contribution in [0.4, 0.5) is 5.69 Å². The average Bonchev–Trinajstić information content (AvgIpc) is 2.88. The summed E-state index contributed by atoms with van der Waals surface area (Å²) in [5.74, 6) is 0.285. The van der Waals surface area contributed by atoms with Crippen LogP contribution >= 0.6 is 0 Å². The number of hydrogen-bond acceptors (Lipinski definition) is 4. The van der Waals surface area contributed by atoms with E-state index in [-0.39, 0.29) is 26.8 Å². The van der Waals surface area contributed by atoms with Gasteiger partial charge in [-0.1, -0.05) is 0 Å². The van der Waals surface area contributed by atoms with Crippen molar-refractivity contribution >= 4 is 31.7 Å². The Morgan fingerprint density at radius 3 is 2.84 bits per heavy atom. The quantitative estimate of drug-likeness (QED) is 0.729. The molecule has 0 aliphatic heterocycles. The number of hydrogen-bond donors (Lipinski definition) is 2. The van der Waals surface area contributed by atoms with Gasteiger partial charge in [0, 0.05) is 0 Å². The molecule has 0 saturated heterocycles. The van der Waals surface area contributed by atoms with E-state index in [4.69, 9.17) is 0 Å². The zero-order valence-electron chi connectivity index (χ0n) is 10.4. The maximum atomic E-state index is 9.52. The maximum absolute atomic E-state index is 9.52. The summed E-state index contributed by atoms with van der Waals surface area (Å²) in [5, 5.41) is 13.0. The van der Waals surface area contributed by atoms with E-state index in [9.17, 15) is 5.11 Å². The third-order valence-electron chi connectivity index (χ3n) is 3.03. The van der Waals surface area contributed by atoms with Gasteiger partial charge in [0.25, 0.3) is 0 Å². The third-order valence-corrected chi connectivity index (χ3v) is 4.17. The summed E-state index contributed by atoms with van der Waals surface area (Å²) >= 11 is -0.0195. The zero-order chi connectivity index (χ0) is 13.2. The van der Waals surface area contributed by atoms with Crippen LogP contribution in [0.25, 0.3) is 11.0 Å². The van der Waals surface area contributed by atoms with Gasteiger partial charge in [-0.05, 0) is 0 Å². The molecule has 0 fully saturated rings. The fraction of sp³-hybridized carbons (Fsp3) is 0.143. The normalized spacial score (nSPS) is 12.5. The predicted octanol–water partition coefficient (Wildman–Crippen LogP) is 2.57. The molecule has 0 radical (unpaired) electrons. The van der Waals surface area contributed by atoms with Crippen LogP contribution in [-0.2, 0) is 0 Å². The van der Waals surface area contributed by atoms with Crippen LogP contribution in [0.3, 0.4) is 0 Å². The van der Waals surface area contributed by atoms with Gasteiger partial charge in [-0.3, -0.25) is 0 Å². The number of nitrogens with zero attached hydrogens (tertiary/aromatic N) is 2. The van der Waals surface area contributed by atoms with Gasteiger partial charge in [0.1, 0.15) is 0 Å². The molecule has 0 aliphatic rings. The van der Waals surface area contributed by atoms with Gasteiger partial charge in [-0.2, -0.15) is 0 Å². The molecular weight excluding hydrogens is 305 g/mol. The number of rotatable bonds is 3. The molecule has 0 amide bonds. The SMILES string of the molecule is CC(Nc1cccc2n[se]nc12)c1cccc(O)c1. The molecule has 3 rings (SSSR count). The van der Waals surface area contributed by atoms with Crippen molar-refractivity contribution in [3.8, 4) is 5.75 Å². The standard InChI is InChI=1S/C14H13N3OSe/c1-9(10-4-2-5-11(18)8-10)15-12-6-3-7-13-14(12)17-19-16-13/h2-9,15,18H,1H3. The van der Waals surface area contributed by atoms with Crippen LogP contribution in [0.1, 0.15) is 18.5 Å². The molecule has 0 spiro atoms. The number of aromatic nitrogens is 2. The fourth-order valence-electron chi connectivity index (χ4n) is 2.03. The van der Waals surface area contributed by atoms with Crippen molar-refractivity contribution in [1.82, 2.24) is 7.96 Å². The van der Waals surface area contributed by atoms with Crippen LogP contribution in [-0.4, -0.2) is 28.0 Å². The molecule has 1 unspecified atom stereocenters. The van der Waals surface area contributed by atoms with Gasteiger partial charge < -0.3 is 0 Å². The molecule has 5 heteroatoms. The van der Waals surface area contributed by atoms with Gasteiger partial charge >= 0.3 is 117 Å². The number of benzene rings is 2. The van der Waals surface area contributed by atoms with Crippen molar-refractivity contribution in [1.29, 1.82) is 0 Å². The molecule has 1 aromatic heterocycles. The Morgan fingerprint density at radius 1 is 1.16 bits per heavy atom. The van der Waals surface area contributed by atoms with Crippen LogP contribution in [0.5, 0.6) is 5.75 Å². The summed E-state index contributed by atoms with van der Waals surface area (Å²) < 4.78 is 8.82. The summed E-state index contributed by atoms with van der Waals surface area (Å²) in [7, 11) is 0. The number of anilines is 1. The molecule has 2 aromatic carbocycles. The van der Waals surface area contributed by atoms with Crippen LogP contribution in [0.15, 0.2) is 42.5 Å². The first-order valence-electron chi connectivity index (χ1n) is 6.01. The van der Waals surface area contributed by atoms with Gasteiger partial charge in [0.2, 0.25) is 0 Å². The van der Waals surface area contributed by atoms with Crippen molar-refractivity contribution in [3.63, 3.8) is 0 Å². The topological polar surface area (TPSA) is 58.0 Å². The second-order valence-electron chi connectivity index (χ2n) is 4.40. The summed E-state index contributed by atoms with van der Waals surface area (Å²) in [4.78, 5) is 0. The Labute approximate surface area is 117 Å². The van der Waals surface area contributed by atoms with E-state index >= 15 is 0 Å². The molecule has 4 nitrogen and oxygen atoms in total. The molecule has 0 saturated carbocycles. The monoisotopic (exact) mass is 319 g/mol. The molecular formula is C14H13N3OSe. The van der Waals surface area contributed by atoms with Crippen molar-refractivity contribution in [2.75, 3.05) is 5.32 Å². The first-order valence-corrected chi connectivity index (χ1v) is 7.54. The Balaban J connectivity index is 1.90. The van der Waals surface area contributed by atoms with Gasteiger partial charge in [0.05, 0.1) is 0 Å². The zero-order valence-corrected chi connectivity index (χ0v) is 12.1. The third kappa shape index (κ3) is 2.48. The van der Waals surface area contributed by atoms with Crippen molar-refractivity contribution < 1.29 is 5.11 Å². The van der Waals surface area contributed by atoms with Crippen molar-refractivity contribution in [3.05, 3.63) is 48.0 Å². The summed E-state index contributed by atoms with van der Waals surface area (Å²) in [5.41, 5.74) is 3.96. The number of phenols is 1. The average molecular weight is 318 g/mol. The van der Waals surface area contributed by atoms with Crippen molar-refractivity contribution in [2.45, 2.75) is 13.0 Å². The van der Waals surface area contributed by atoms with E-state index in [1.807, 2.05) is 30.3 Å². The van der Waals surface area contributed by atoms with Gasteiger partial charge in [-0.15, -0.1) is 0 Å². The molecule has 0 bridgehead atoms. The Kier molecular flexibility index (Phi) is 3.23. The molecule has 3 aromatic rings. The second kappa shape index (κ2) is 5.03. The van der Waals surface area contributed by atoms with Crippen LogP contribution < -0.4 is 5.32 Å². The summed E-state index contributed by atoms with van der Waals surface area (Å²) in [6.45, 7) is 2.06. The van der Waals surface area contributed by atoms with Gasteiger partial charge in [-0.25, -0.2) is 0 Å². The van der Waals surface area contributed by atoms with Crippen LogP contribution in [0.2, 0.25) is 0 Å². The van der Waals surface area contributed by atoms with Crippen molar-refractivity contribution in [2.24, 2.45) is 0 Å². The van der Waals surface area contributed by atoms with E-state index < -0.39 is 0 Å². The van der Waals surface area contributed by atoms with E-state index in [0.29, 0.717) is 0 Å². The number of nitrogens with one attached hydrogen (secondary N) is 1. The number of fused-ring (bicyclic) bond motifs is 1. The molecule has 19 heavy (non-hydrogen) atoms. The van der Waals surface area contributed by atoms with E-state index in [2.05, 4.69) is 20.2 Å². The minimum atomic E-state index is -0.0195. The molecule has 1 heterocycles. The predicted molar refractivity (Wildman–Crippen MR) is 76.6 cm³/mol. The first-order chi connectivity index (χ1) is 9.24. The van der Waals surface area contributed by atoms with Crippen LogP contribution in [0, 0.1) is 0 Å². The fourth-order valence-corrected chi connectivity index (χ4v) is 3.19. The molecule has 0 aliphatic carbocycles. The van der Waals surface area contributed by atoms with E-state index in [1.54, 1.807) is 12.1 Å². The summed E-state index contributed by atoms with van der Waals surface area (Å²) in [6.07, 6.45) is 0. The summed E-state index contributed by atoms with van der Waals surface area (Å²) in [6, 6.07) is 13.4. The Bertz CT molecular complexity index is 710. The number of aromatic hydroxyl groups is 1. The van der Waals surface area contributed by atoms with E-state index in [0.717, 1.165) is 22.3 Å². The Morgan fingerprint density at radius 2 is 2.00 bits per heavy atom. The first kappa shape index (κ1) is 12.2. The minimum absolute atomic E-state index is 0.0195. The Hall–Kier alpha value is -1.84. The number of phenolic OH excluding ortho intramolecular Hbond substituents is 1. The molecule has 1 atom stereocenters.